The van der Waals surface area contributed by atoms with Gasteiger partial charge in [0.25, 0.3) is 0 Å². The van der Waals surface area contributed by atoms with E-state index < -0.39 is 5.72 Å². The molecule has 2 aromatic carbocycles. The van der Waals surface area contributed by atoms with Gasteiger partial charge in [0.1, 0.15) is 17.3 Å². The lowest BCUT2D eigenvalue weighted by molar-refractivity contribution is 0.0787. The predicted molar refractivity (Wildman–Crippen MR) is 103 cm³/mol. The number of nitrogens with zero attached hydrogens (tertiary/aromatic N) is 1. The normalized spacial score (nSPS) is 18.2. The summed E-state index contributed by atoms with van der Waals surface area (Å²) in [4.78, 5) is 4.13. The number of pyridine rings is 1. The van der Waals surface area contributed by atoms with Gasteiger partial charge in [-0.05, 0) is 60.7 Å². The minimum atomic E-state index is -0.829. The molecule has 0 saturated carbocycles. The lowest BCUT2D eigenvalue weighted by Gasteiger charge is -2.31. The highest BCUT2D eigenvalue weighted by atomic mass is 16.5. The summed E-state index contributed by atoms with van der Waals surface area (Å²) in [7, 11) is 3.31. The molecule has 1 atom stereocenters. The van der Waals surface area contributed by atoms with Gasteiger partial charge in [-0.2, -0.15) is 0 Å². The second-order valence-electron chi connectivity index (χ2n) is 6.13. The van der Waals surface area contributed by atoms with Crippen LogP contribution in [0.3, 0.4) is 0 Å². The van der Waals surface area contributed by atoms with E-state index in [4.69, 9.17) is 14.2 Å². The van der Waals surface area contributed by atoms with Crippen molar-refractivity contribution in [1.82, 2.24) is 10.3 Å². The third kappa shape index (κ3) is 3.08. The lowest BCUT2D eigenvalue weighted by Crippen LogP contribution is -2.38. The molecule has 0 saturated heterocycles. The summed E-state index contributed by atoms with van der Waals surface area (Å²) in [5, 5.41) is 3.43. The summed E-state index contributed by atoms with van der Waals surface area (Å²) in [5.74, 6) is 2.36. The van der Waals surface area contributed by atoms with Gasteiger partial charge in [-0.15, -0.1) is 0 Å². The summed E-state index contributed by atoms with van der Waals surface area (Å²) in [5.41, 5.74) is 2.06. The van der Waals surface area contributed by atoms with Crippen LogP contribution in [-0.2, 0) is 10.5 Å². The Bertz CT molecular complexity index is 938. The number of hydrogen-bond acceptors (Lipinski definition) is 5. The molecule has 2 heterocycles. The van der Waals surface area contributed by atoms with E-state index in [0.717, 1.165) is 33.9 Å². The van der Waals surface area contributed by atoms with Gasteiger partial charge in [-0.1, -0.05) is 0 Å². The highest BCUT2D eigenvalue weighted by molar-refractivity contribution is 5.64. The van der Waals surface area contributed by atoms with Crippen LogP contribution < -0.4 is 14.8 Å². The van der Waals surface area contributed by atoms with Crippen molar-refractivity contribution in [3.8, 4) is 11.5 Å². The van der Waals surface area contributed by atoms with Crippen molar-refractivity contribution in [1.29, 1.82) is 0 Å². The molecule has 0 amide bonds. The third-order valence-corrected chi connectivity index (χ3v) is 4.63. The topological polar surface area (TPSA) is 52.6 Å². The molecule has 1 unspecified atom stereocenters. The second kappa shape index (κ2) is 7.03. The van der Waals surface area contributed by atoms with Gasteiger partial charge in [-0.25, -0.2) is 0 Å². The smallest absolute Gasteiger partial charge is 0.233 e. The molecule has 3 aromatic rings. The van der Waals surface area contributed by atoms with Crippen LogP contribution in [0.2, 0.25) is 0 Å². The molecule has 27 heavy (non-hydrogen) atoms. The largest absolute Gasteiger partial charge is 0.497 e. The molecule has 136 valence electrons. The molecule has 0 fully saturated rings. The van der Waals surface area contributed by atoms with Crippen molar-refractivity contribution in [2.45, 2.75) is 5.72 Å². The van der Waals surface area contributed by atoms with E-state index in [1.807, 2.05) is 66.9 Å². The van der Waals surface area contributed by atoms with E-state index in [2.05, 4.69) is 10.3 Å². The van der Waals surface area contributed by atoms with Crippen LogP contribution in [0.25, 0.3) is 5.76 Å². The maximum Gasteiger partial charge on any atom is 0.233 e. The molecular formula is C22H20N2O3. The van der Waals surface area contributed by atoms with E-state index in [0.29, 0.717) is 0 Å². The number of rotatable bonds is 5. The molecular weight excluding hydrogens is 340 g/mol. The fraction of sp³-hybridized carbons (Fsp3) is 0.136. The first-order valence-electron chi connectivity index (χ1n) is 8.61. The molecule has 4 rings (SSSR count). The van der Waals surface area contributed by atoms with Crippen molar-refractivity contribution in [2.75, 3.05) is 14.2 Å². The Morgan fingerprint density at radius 3 is 1.93 bits per heavy atom. The molecule has 1 aromatic heterocycles. The van der Waals surface area contributed by atoms with Crippen LogP contribution in [0.4, 0.5) is 0 Å². The van der Waals surface area contributed by atoms with Crippen molar-refractivity contribution in [3.05, 3.63) is 95.9 Å². The van der Waals surface area contributed by atoms with Crippen molar-refractivity contribution >= 4 is 5.76 Å². The minimum absolute atomic E-state index is 0.755. The van der Waals surface area contributed by atoms with Gasteiger partial charge >= 0.3 is 0 Å². The zero-order valence-electron chi connectivity index (χ0n) is 15.2. The Morgan fingerprint density at radius 1 is 0.778 bits per heavy atom. The first kappa shape index (κ1) is 17.0. The van der Waals surface area contributed by atoms with E-state index in [1.54, 1.807) is 26.6 Å². The third-order valence-electron chi connectivity index (χ3n) is 4.63. The Kier molecular flexibility index (Phi) is 4.42. The fourth-order valence-corrected chi connectivity index (χ4v) is 3.15. The summed E-state index contributed by atoms with van der Waals surface area (Å²) in [6, 6.07) is 19.5. The highest BCUT2D eigenvalue weighted by Crippen LogP contribution is 2.40. The van der Waals surface area contributed by atoms with Gasteiger partial charge in [0, 0.05) is 35.3 Å². The molecule has 5 nitrogen and oxygen atoms in total. The van der Waals surface area contributed by atoms with Crippen LogP contribution in [0.15, 0.2) is 79.3 Å². The Morgan fingerprint density at radius 2 is 1.33 bits per heavy atom. The van der Waals surface area contributed by atoms with Gasteiger partial charge in [0.05, 0.1) is 14.2 Å². The lowest BCUT2D eigenvalue weighted by atomic mass is 9.95. The van der Waals surface area contributed by atoms with Crippen LogP contribution >= 0.6 is 0 Å². The van der Waals surface area contributed by atoms with Crippen molar-refractivity contribution < 1.29 is 14.2 Å². The quantitative estimate of drug-likeness (QED) is 0.747. The number of aromatic nitrogens is 1. The molecule has 1 N–H and O–H groups in total. The first-order chi connectivity index (χ1) is 13.2. The molecule has 1 aliphatic rings. The van der Waals surface area contributed by atoms with Gasteiger partial charge < -0.3 is 19.5 Å². The molecule has 0 aliphatic carbocycles. The van der Waals surface area contributed by atoms with Crippen molar-refractivity contribution in [3.63, 3.8) is 0 Å². The standard InChI is InChI=1S/C22H20N2O3/c1-25-19-7-3-16(4-8-19)21-15-24-22(27-21,18-11-13-23-14-12-18)17-5-9-20(26-2)10-6-17/h3-15,24H,1-2H3. The highest BCUT2D eigenvalue weighted by Gasteiger charge is 2.40. The summed E-state index contributed by atoms with van der Waals surface area (Å²) >= 11 is 0. The van der Waals surface area contributed by atoms with E-state index in [9.17, 15) is 0 Å². The molecule has 0 bridgehead atoms. The Labute approximate surface area is 158 Å². The zero-order chi connectivity index (χ0) is 18.7. The van der Waals surface area contributed by atoms with Gasteiger partial charge in [-0.3, -0.25) is 4.98 Å². The fourth-order valence-electron chi connectivity index (χ4n) is 3.15. The Balaban J connectivity index is 1.72. The van der Waals surface area contributed by atoms with E-state index in [1.165, 1.54) is 0 Å². The monoisotopic (exact) mass is 360 g/mol. The number of hydrogen-bond donors (Lipinski definition) is 1. The average molecular weight is 360 g/mol. The van der Waals surface area contributed by atoms with E-state index in [-0.39, 0.29) is 0 Å². The number of ether oxygens (including phenoxy) is 3. The van der Waals surface area contributed by atoms with Gasteiger partial charge in [0.2, 0.25) is 5.72 Å². The summed E-state index contributed by atoms with van der Waals surface area (Å²) in [6.07, 6.45) is 5.42. The second-order valence-corrected chi connectivity index (χ2v) is 6.13. The average Bonchev–Trinajstić information content (AvgIpc) is 3.21. The van der Waals surface area contributed by atoms with Crippen LogP contribution in [-0.4, -0.2) is 19.2 Å². The molecule has 0 spiro atoms. The van der Waals surface area contributed by atoms with Crippen LogP contribution in [0, 0.1) is 0 Å². The zero-order valence-corrected chi connectivity index (χ0v) is 15.2. The summed E-state index contributed by atoms with van der Waals surface area (Å²) < 4.78 is 17.0. The number of methoxy groups -OCH3 is 2. The number of benzene rings is 2. The van der Waals surface area contributed by atoms with E-state index >= 15 is 0 Å². The molecule has 5 heteroatoms. The molecule has 1 aliphatic heterocycles. The van der Waals surface area contributed by atoms with Crippen LogP contribution in [0.1, 0.15) is 16.7 Å². The maximum atomic E-state index is 6.49. The van der Waals surface area contributed by atoms with Crippen LogP contribution in [0.5, 0.6) is 11.5 Å². The van der Waals surface area contributed by atoms with Crippen molar-refractivity contribution in [2.24, 2.45) is 0 Å². The maximum absolute atomic E-state index is 6.49. The SMILES string of the molecule is COc1ccc(C2=CNC(c3ccncc3)(c3ccc(OC)cc3)O2)cc1. The number of nitrogens with one attached hydrogen (secondary N) is 1. The summed E-state index contributed by atoms with van der Waals surface area (Å²) in [6.45, 7) is 0. The molecule has 0 radical (unpaired) electrons. The predicted octanol–water partition coefficient (Wildman–Crippen LogP) is 3.92. The Hall–Kier alpha value is -3.47. The van der Waals surface area contributed by atoms with Gasteiger partial charge in [0.15, 0.2) is 0 Å². The minimum Gasteiger partial charge on any atom is -0.497 e. The first-order valence-corrected chi connectivity index (χ1v) is 8.61.